The maximum atomic E-state index is 12.1. The molecule has 0 amide bonds. The summed E-state index contributed by atoms with van der Waals surface area (Å²) in [6.07, 6.45) is 5.45. The van der Waals surface area contributed by atoms with Gasteiger partial charge >= 0.3 is 5.97 Å². The molecule has 0 radical (unpaired) electrons. The van der Waals surface area contributed by atoms with Crippen molar-refractivity contribution in [2.75, 3.05) is 6.61 Å². The van der Waals surface area contributed by atoms with Crippen LogP contribution in [0.3, 0.4) is 0 Å². The molecular formula is C15H26O4. The highest BCUT2D eigenvalue weighted by Crippen LogP contribution is 2.43. The fraction of sp³-hybridized carbons (Fsp3) is 0.933. The lowest BCUT2D eigenvalue weighted by atomic mass is 9.66. The van der Waals surface area contributed by atoms with Crippen LogP contribution in [-0.2, 0) is 14.3 Å². The van der Waals surface area contributed by atoms with E-state index < -0.39 is 12.4 Å². The van der Waals surface area contributed by atoms with Gasteiger partial charge in [0.05, 0.1) is 12.0 Å². The third-order valence-corrected chi connectivity index (χ3v) is 4.65. The first-order valence-corrected chi connectivity index (χ1v) is 7.63. The van der Waals surface area contributed by atoms with Gasteiger partial charge in [0.25, 0.3) is 0 Å². The summed E-state index contributed by atoms with van der Waals surface area (Å²) < 4.78 is 10.5. The Morgan fingerprint density at radius 2 is 2.00 bits per heavy atom. The van der Waals surface area contributed by atoms with Gasteiger partial charge in [0, 0.05) is 6.61 Å². The number of esters is 1. The molecule has 0 aromatic heterocycles. The number of carbonyl (C=O) groups excluding carboxylic acids is 1. The Morgan fingerprint density at radius 1 is 1.26 bits per heavy atom. The number of ether oxygens (including phenoxy) is 2. The molecule has 110 valence electrons. The van der Waals surface area contributed by atoms with Crippen molar-refractivity contribution in [3.8, 4) is 0 Å². The van der Waals surface area contributed by atoms with E-state index in [4.69, 9.17) is 9.47 Å². The average Bonchev–Trinajstić information content (AvgIpc) is 2.39. The van der Waals surface area contributed by atoms with E-state index in [9.17, 15) is 9.90 Å². The SMILES string of the molecule is CCOC(C)OC(=O)C1CCC2CCCCC2C1O. The summed E-state index contributed by atoms with van der Waals surface area (Å²) in [4.78, 5) is 12.1. The minimum atomic E-state index is -0.527. The molecule has 0 aromatic carbocycles. The van der Waals surface area contributed by atoms with Crippen molar-refractivity contribution in [1.29, 1.82) is 0 Å². The van der Waals surface area contributed by atoms with Gasteiger partial charge in [-0.3, -0.25) is 4.79 Å². The summed E-state index contributed by atoms with van der Waals surface area (Å²) in [6, 6.07) is 0. The smallest absolute Gasteiger partial charge is 0.313 e. The van der Waals surface area contributed by atoms with Crippen molar-refractivity contribution in [3.63, 3.8) is 0 Å². The summed E-state index contributed by atoms with van der Waals surface area (Å²) in [5.74, 6) is 0.249. The third-order valence-electron chi connectivity index (χ3n) is 4.65. The van der Waals surface area contributed by atoms with Crippen LogP contribution >= 0.6 is 0 Å². The van der Waals surface area contributed by atoms with Gasteiger partial charge in [-0.05, 0) is 44.9 Å². The molecule has 2 saturated carbocycles. The third kappa shape index (κ3) is 3.48. The number of hydrogen-bond acceptors (Lipinski definition) is 4. The molecule has 0 aromatic rings. The van der Waals surface area contributed by atoms with Crippen LogP contribution in [0.4, 0.5) is 0 Å². The maximum absolute atomic E-state index is 12.1. The number of aliphatic hydroxyl groups excluding tert-OH is 1. The molecule has 5 atom stereocenters. The minimum Gasteiger partial charge on any atom is -0.436 e. The number of fused-ring (bicyclic) bond motifs is 1. The van der Waals surface area contributed by atoms with Gasteiger partial charge < -0.3 is 14.6 Å². The molecule has 0 spiro atoms. The normalized spacial score (nSPS) is 36.4. The van der Waals surface area contributed by atoms with Gasteiger partial charge in [-0.15, -0.1) is 0 Å². The zero-order chi connectivity index (χ0) is 13.8. The second-order valence-corrected chi connectivity index (χ2v) is 5.84. The molecular weight excluding hydrogens is 244 g/mol. The van der Waals surface area contributed by atoms with Crippen LogP contribution in [0.2, 0.25) is 0 Å². The predicted octanol–water partition coefficient (Wildman–Crippen LogP) is 2.49. The fourth-order valence-corrected chi connectivity index (χ4v) is 3.68. The monoisotopic (exact) mass is 270 g/mol. The maximum Gasteiger partial charge on any atom is 0.313 e. The van der Waals surface area contributed by atoms with E-state index in [0.717, 1.165) is 19.3 Å². The molecule has 2 aliphatic carbocycles. The zero-order valence-corrected chi connectivity index (χ0v) is 12.0. The van der Waals surface area contributed by atoms with Crippen molar-refractivity contribution < 1.29 is 19.4 Å². The second kappa shape index (κ2) is 6.71. The summed E-state index contributed by atoms with van der Waals surface area (Å²) in [5, 5.41) is 10.4. The molecule has 1 N–H and O–H groups in total. The lowest BCUT2D eigenvalue weighted by molar-refractivity contribution is -0.187. The van der Waals surface area contributed by atoms with Crippen LogP contribution < -0.4 is 0 Å². The summed E-state index contributed by atoms with van der Waals surface area (Å²) in [7, 11) is 0. The summed E-state index contributed by atoms with van der Waals surface area (Å²) >= 11 is 0. The van der Waals surface area contributed by atoms with Gasteiger partial charge in [-0.25, -0.2) is 0 Å². The first-order valence-electron chi connectivity index (χ1n) is 7.63. The molecule has 2 fully saturated rings. The van der Waals surface area contributed by atoms with Crippen molar-refractivity contribution >= 4 is 5.97 Å². The Balaban J connectivity index is 1.91. The molecule has 0 aliphatic heterocycles. The van der Waals surface area contributed by atoms with Crippen LogP contribution in [0.5, 0.6) is 0 Å². The average molecular weight is 270 g/mol. The number of rotatable bonds is 4. The Bertz CT molecular complexity index is 305. The molecule has 2 aliphatic rings. The zero-order valence-electron chi connectivity index (χ0n) is 12.0. The van der Waals surface area contributed by atoms with Gasteiger partial charge in [0.2, 0.25) is 0 Å². The molecule has 4 nitrogen and oxygen atoms in total. The van der Waals surface area contributed by atoms with E-state index in [1.54, 1.807) is 6.92 Å². The molecule has 0 saturated heterocycles. The van der Waals surface area contributed by atoms with E-state index in [1.807, 2.05) is 6.92 Å². The van der Waals surface area contributed by atoms with Crippen molar-refractivity contribution in [3.05, 3.63) is 0 Å². The number of hydrogen-bond donors (Lipinski definition) is 1. The second-order valence-electron chi connectivity index (χ2n) is 5.84. The Labute approximate surface area is 115 Å². The van der Waals surface area contributed by atoms with E-state index in [1.165, 1.54) is 19.3 Å². The largest absolute Gasteiger partial charge is 0.436 e. The number of carbonyl (C=O) groups is 1. The highest BCUT2D eigenvalue weighted by molar-refractivity contribution is 5.73. The first kappa shape index (κ1) is 14.8. The van der Waals surface area contributed by atoms with Crippen LogP contribution in [-0.4, -0.2) is 30.1 Å². The Morgan fingerprint density at radius 3 is 2.74 bits per heavy atom. The van der Waals surface area contributed by atoms with Gasteiger partial charge in [-0.1, -0.05) is 19.3 Å². The minimum absolute atomic E-state index is 0.294. The topological polar surface area (TPSA) is 55.8 Å². The summed E-state index contributed by atoms with van der Waals surface area (Å²) in [6.45, 7) is 4.11. The van der Waals surface area contributed by atoms with Crippen LogP contribution in [0.25, 0.3) is 0 Å². The van der Waals surface area contributed by atoms with Crippen molar-refractivity contribution in [2.45, 2.75) is 64.8 Å². The van der Waals surface area contributed by atoms with E-state index >= 15 is 0 Å². The van der Waals surface area contributed by atoms with Crippen molar-refractivity contribution in [2.24, 2.45) is 17.8 Å². The fourth-order valence-electron chi connectivity index (χ4n) is 3.68. The highest BCUT2D eigenvalue weighted by Gasteiger charge is 2.43. The standard InChI is InChI=1S/C15H26O4/c1-3-18-10(2)19-15(17)13-9-8-11-6-4-5-7-12(11)14(13)16/h10-14,16H,3-9H2,1-2H3. The van der Waals surface area contributed by atoms with Crippen molar-refractivity contribution in [1.82, 2.24) is 0 Å². The van der Waals surface area contributed by atoms with Crippen LogP contribution in [0.15, 0.2) is 0 Å². The van der Waals surface area contributed by atoms with Crippen LogP contribution in [0.1, 0.15) is 52.4 Å². The first-order chi connectivity index (χ1) is 9.13. The molecule has 5 unspecified atom stereocenters. The quantitative estimate of drug-likeness (QED) is 0.630. The Hall–Kier alpha value is -0.610. The van der Waals surface area contributed by atoms with Crippen LogP contribution in [0, 0.1) is 17.8 Å². The highest BCUT2D eigenvalue weighted by atomic mass is 16.7. The number of aliphatic hydroxyl groups is 1. The lowest BCUT2D eigenvalue weighted by Crippen LogP contribution is -2.45. The summed E-state index contributed by atoms with van der Waals surface area (Å²) in [5.41, 5.74) is 0. The Kier molecular flexibility index (Phi) is 5.22. The lowest BCUT2D eigenvalue weighted by Gasteiger charge is -2.42. The molecule has 4 heteroatoms. The van der Waals surface area contributed by atoms with Gasteiger partial charge in [-0.2, -0.15) is 0 Å². The van der Waals surface area contributed by atoms with E-state index in [0.29, 0.717) is 18.4 Å². The predicted molar refractivity (Wildman–Crippen MR) is 71.4 cm³/mol. The van der Waals surface area contributed by atoms with Gasteiger partial charge in [0.1, 0.15) is 0 Å². The van der Waals surface area contributed by atoms with E-state index in [-0.39, 0.29) is 11.9 Å². The molecule has 2 rings (SSSR count). The van der Waals surface area contributed by atoms with Gasteiger partial charge in [0.15, 0.2) is 6.29 Å². The molecule has 0 heterocycles. The van der Waals surface area contributed by atoms with E-state index in [2.05, 4.69) is 0 Å². The molecule has 0 bridgehead atoms. The molecule has 19 heavy (non-hydrogen) atoms.